The van der Waals surface area contributed by atoms with E-state index < -0.39 is 0 Å². The summed E-state index contributed by atoms with van der Waals surface area (Å²) >= 11 is 1.38. The normalized spacial score (nSPS) is 14.2. The largest absolute Gasteiger partial charge is 0.337 e. The summed E-state index contributed by atoms with van der Waals surface area (Å²) < 4.78 is 0. The van der Waals surface area contributed by atoms with Crippen molar-refractivity contribution < 1.29 is 9.59 Å². The van der Waals surface area contributed by atoms with Crippen molar-refractivity contribution in [3.05, 3.63) is 76.2 Å². The van der Waals surface area contributed by atoms with Gasteiger partial charge in [-0.3, -0.25) is 9.59 Å². The molecule has 27 heavy (non-hydrogen) atoms. The molecule has 0 bridgehead atoms. The van der Waals surface area contributed by atoms with Gasteiger partial charge in [-0.15, -0.1) is 11.3 Å². The van der Waals surface area contributed by atoms with E-state index in [1.807, 2.05) is 11.4 Å². The molecule has 0 saturated carbocycles. The lowest BCUT2D eigenvalue weighted by Crippen LogP contribution is -2.49. The second kappa shape index (κ2) is 7.67. The Hall–Kier alpha value is -3.06. The first kappa shape index (κ1) is 17.4. The Morgan fingerprint density at radius 2 is 1.56 bits per heavy atom. The molecule has 3 heterocycles. The fourth-order valence-corrected chi connectivity index (χ4v) is 3.82. The lowest BCUT2D eigenvalue weighted by molar-refractivity contribution is 0.0742. The van der Waals surface area contributed by atoms with Crippen molar-refractivity contribution in [2.24, 2.45) is 0 Å². The van der Waals surface area contributed by atoms with Crippen LogP contribution in [0.2, 0.25) is 0 Å². The van der Waals surface area contributed by atoms with E-state index in [9.17, 15) is 9.59 Å². The van der Waals surface area contributed by atoms with E-state index in [2.05, 4.69) is 14.9 Å². The second-order valence-corrected chi connectivity index (χ2v) is 7.13. The zero-order chi connectivity index (χ0) is 18.6. The molecule has 3 aromatic rings. The van der Waals surface area contributed by atoms with Gasteiger partial charge in [0.1, 0.15) is 0 Å². The Balaban J connectivity index is 1.50. The van der Waals surface area contributed by atoms with Crippen LogP contribution in [0.3, 0.4) is 0 Å². The molecule has 136 valence electrons. The summed E-state index contributed by atoms with van der Waals surface area (Å²) in [5.74, 6) is 0.465. The molecule has 1 amide bonds. The van der Waals surface area contributed by atoms with Crippen LogP contribution in [0.15, 0.2) is 60.2 Å². The van der Waals surface area contributed by atoms with Gasteiger partial charge in [0.15, 0.2) is 0 Å². The number of piperazine rings is 1. The maximum atomic E-state index is 13.1. The van der Waals surface area contributed by atoms with Gasteiger partial charge < -0.3 is 9.80 Å². The fourth-order valence-electron chi connectivity index (χ4n) is 3.14. The highest BCUT2D eigenvalue weighted by Crippen LogP contribution is 2.20. The highest BCUT2D eigenvalue weighted by molar-refractivity contribution is 7.12. The van der Waals surface area contributed by atoms with Crippen molar-refractivity contribution in [1.82, 2.24) is 14.9 Å². The molecule has 0 atom stereocenters. The quantitative estimate of drug-likeness (QED) is 0.653. The molecule has 1 aliphatic rings. The van der Waals surface area contributed by atoms with Gasteiger partial charge >= 0.3 is 0 Å². The van der Waals surface area contributed by atoms with Gasteiger partial charge in [-0.05, 0) is 23.6 Å². The van der Waals surface area contributed by atoms with E-state index >= 15 is 0 Å². The number of thiophene rings is 1. The number of hydrogen-bond acceptors (Lipinski definition) is 6. The molecular weight excluding hydrogens is 360 g/mol. The first-order valence-corrected chi connectivity index (χ1v) is 9.60. The van der Waals surface area contributed by atoms with Crippen molar-refractivity contribution in [2.75, 3.05) is 31.1 Å². The van der Waals surface area contributed by atoms with Gasteiger partial charge in [-0.25, -0.2) is 9.97 Å². The number of carbonyl (C=O) groups is 2. The third kappa shape index (κ3) is 3.59. The molecule has 0 spiro atoms. The van der Waals surface area contributed by atoms with E-state index in [1.54, 1.807) is 53.7 Å². The van der Waals surface area contributed by atoms with Gasteiger partial charge in [-0.1, -0.05) is 24.3 Å². The smallest absolute Gasteiger partial charge is 0.254 e. The molecule has 7 heteroatoms. The minimum absolute atomic E-state index is 0.106. The number of rotatable bonds is 4. The average Bonchev–Trinajstić information content (AvgIpc) is 3.28. The Bertz CT molecular complexity index is 936. The van der Waals surface area contributed by atoms with Crippen molar-refractivity contribution in [3.8, 4) is 0 Å². The highest BCUT2D eigenvalue weighted by atomic mass is 32.1. The number of nitrogens with zero attached hydrogens (tertiary/aromatic N) is 4. The van der Waals surface area contributed by atoms with Crippen LogP contribution in [-0.2, 0) is 0 Å². The summed E-state index contributed by atoms with van der Waals surface area (Å²) in [5, 5.41) is 1.86. The van der Waals surface area contributed by atoms with Crippen molar-refractivity contribution in [1.29, 1.82) is 0 Å². The summed E-state index contributed by atoms with van der Waals surface area (Å²) in [5.41, 5.74) is 0.916. The Labute approximate surface area is 161 Å². The zero-order valence-electron chi connectivity index (χ0n) is 14.6. The number of anilines is 1. The zero-order valence-corrected chi connectivity index (χ0v) is 15.4. The van der Waals surface area contributed by atoms with Gasteiger partial charge in [-0.2, -0.15) is 0 Å². The van der Waals surface area contributed by atoms with E-state index in [0.29, 0.717) is 48.1 Å². The molecular formula is C20H18N4O2S. The minimum Gasteiger partial charge on any atom is -0.337 e. The Morgan fingerprint density at radius 1 is 0.852 bits per heavy atom. The molecule has 0 radical (unpaired) electrons. The van der Waals surface area contributed by atoms with Crippen LogP contribution in [0.4, 0.5) is 5.95 Å². The minimum atomic E-state index is -0.107. The second-order valence-electron chi connectivity index (χ2n) is 6.18. The number of carbonyl (C=O) groups excluding carboxylic acids is 2. The van der Waals surface area contributed by atoms with Gasteiger partial charge in [0, 0.05) is 44.1 Å². The summed E-state index contributed by atoms with van der Waals surface area (Å²) in [6.07, 6.45) is 3.43. The summed E-state index contributed by atoms with van der Waals surface area (Å²) in [6, 6.07) is 12.5. The highest BCUT2D eigenvalue weighted by Gasteiger charge is 2.26. The number of ketones is 1. The van der Waals surface area contributed by atoms with Crippen molar-refractivity contribution in [2.45, 2.75) is 0 Å². The predicted molar refractivity (Wildman–Crippen MR) is 104 cm³/mol. The molecule has 6 nitrogen and oxygen atoms in total. The molecule has 0 unspecified atom stereocenters. The molecule has 1 fully saturated rings. The standard InChI is InChI=1S/C20H18N4O2S/c25-18(17-7-3-14-27-17)15-5-1-2-6-16(15)19(26)23-10-12-24(13-11-23)20-21-8-4-9-22-20/h1-9,14H,10-13H2. The van der Waals surface area contributed by atoms with Gasteiger partial charge in [0.25, 0.3) is 5.91 Å². The van der Waals surface area contributed by atoms with Crippen molar-refractivity contribution in [3.63, 3.8) is 0 Å². The number of benzene rings is 1. The fraction of sp³-hybridized carbons (Fsp3) is 0.200. The third-order valence-corrected chi connectivity index (χ3v) is 5.42. The van der Waals surface area contributed by atoms with Crippen LogP contribution in [0.5, 0.6) is 0 Å². The Morgan fingerprint density at radius 3 is 2.22 bits per heavy atom. The lowest BCUT2D eigenvalue weighted by atomic mass is 10.0. The van der Waals surface area contributed by atoms with Crippen LogP contribution >= 0.6 is 11.3 Å². The number of hydrogen-bond donors (Lipinski definition) is 0. The van der Waals surface area contributed by atoms with Crippen LogP contribution in [-0.4, -0.2) is 52.7 Å². The first-order chi connectivity index (χ1) is 13.2. The van der Waals surface area contributed by atoms with E-state index in [-0.39, 0.29) is 11.7 Å². The molecule has 4 rings (SSSR count). The first-order valence-electron chi connectivity index (χ1n) is 8.72. The number of aromatic nitrogens is 2. The molecule has 2 aromatic heterocycles. The van der Waals surface area contributed by atoms with Crippen molar-refractivity contribution >= 4 is 29.0 Å². The summed E-state index contributed by atoms with van der Waals surface area (Å²) in [7, 11) is 0. The predicted octanol–water partition coefficient (Wildman–Crippen LogP) is 2.73. The molecule has 0 aliphatic carbocycles. The van der Waals surface area contributed by atoms with Gasteiger partial charge in [0.05, 0.1) is 10.4 Å². The van der Waals surface area contributed by atoms with Crippen LogP contribution in [0, 0.1) is 0 Å². The molecule has 1 saturated heterocycles. The Kier molecular flexibility index (Phi) is 4.93. The van der Waals surface area contributed by atoms with Crippen LogP contribution in [0.1, 0.15) is 25.6 Å². The maximum Gasteiger partial charge on any atom is 0.254 e. The topological polar surface area (TPSA) is 66.4 Å². The van der Waals surface area contributed by atoms with E-state index in [1.165, 1.54) is 11.3 Å². The maximum absolute atomic E-state index is 13.1. The monoisotopic (exact) mass is 378 g/mol. The average molecular weight is 378 g/mol. The van der Waals surface area contributed by atoms with Gasteiger partial charge in [0.2, 0.25) is 11.7 Å². The molecule has 0 N–H and O–H groups in total. The van der Waals surface area contributed by atoms with Crippen LogP contribution < -0.4 is 4.90 Å². The van der Waals surface area contributed by atoms with E-state index in [4.69, 9.17) is 0 Å². The lowest BCUT2D eigenvalue weighted by Gasteiger charge is -2.34. The van der Waals surface area contributed by atoms with Crippen LogP contribution in [0.25, 0.3) is 0 Å². The molecule has 1 aromatic carbocycles. The summed E-state index contributed by atoms with van der Waals surface area (Å²) in [6.45, 7) is 2.46. The number of amides is 1. The third-order valence-electron chi connectivity index (χ3n) is 4.55. The summed E-state index contributed by atoms with van der Waals surface area (Å²) in [4.78, 5) is 38.9. The SMILES string of the molecule is O=C(c1cccs1)c1ccccc1C(=O)N1CCN(c2ncccn2)CC1. The molecule has 1 aliphatic heterocycles. The van der Waals surface area contributed by atoms with E-state index in [0.717, 1.165) is 0 Å².